The van der Waals surface area contributed by atoms with Crippen LogP contribution in [0.5, 0.6) is 0 Å². The number of carbonyl (C=O) groups is 1. The second-order valence-electron chi connectivity index (χ2n) is 5.71. The minimum absolute atomic E-state index is 0.000972. The van der Waals surface area contributed by atoms with Crippen molar-refractivity contribution >= 4 is 5.78 Å². The zero-order valence-corrected chi connectivity index (χ0v) is 10.8. The van der Waals surface area contributed by atoms with Crippen LogP contribution in [0.25, 0.3) is 0 Å². The lowest BCUT2D eigenvalue weighted by molar-refractivity contribution is -0.120. The fourth-order valence-electron chi connectivity index (χ4n) is 2.20. The van der Waals surface area contributed by atoms with E-state index in [1.54, 1.807) is 6.20 Å². The highest BCUT2D eigenvalue weighted by atomic mass is 16.1. The average Bonchev–Trinajstić information content (AvgIpc) is 2.68. The van der Waals surface area contributed by atoms with Crippen molar-refractivity contribution in [2.75, 3.05) is 6.54 Å². The Kier molecular flexibility index (Phi) is 3.29. The smallest absolute Gasteiger partial charge is 0.155 e. The van der Waals surface area contributed by atoms with Gasteiger partial charge in [0.1, 0.15) is 0 Å². The molecule has 0 radical (unpaired) electrons. The van der Waals surface area contributed by atoms with E-state index in [9.17, 15) is 4.79 Å². The highest BCUT2D eigenvalue weighted by molar-refractivity contribution is 5.88. The van der Waals surface area contributed by atoms with Crippen molar-refractivity contribution in [3.05, 3.63) is 29.6 Å². The maximum Gasteiger partial charge on any atom is 0.155 e. The average molecular weight is 232 g/mol. The van der Waals surface area contributed by atoms with Gasteiger partial charge < -0.3 is 5.32 Å². The molecular weight excluding hydrogens is 212 g/mol. The Labute approximate surface area is 103 Å². The normalized spacial score (nSPS) is 19.1. The molecular formula is C14H20N2O. The fraction of sp³-hybridized carbons (Fsp3) is 0.571. The molecule has 1 aliphatic carbocycles. The molecule has 2 rings (SSSR count). The largest absolute Gasteiger partial charge is 0.305 e. The third-order valence-corrected chi connectivity index (χ3v) is 3.14. The maximum atomic E-state index is 12.2. The summed E-state index contributed by atoms with van der Waals surface area (Å²) in [5.74, 6) is 0.262. The summed E-state index contributed by atoms with van der Waals surface area (Å²) in [7, 11) is 0. The van der Waals surface area contributed by atoms with E-state index in [1.165, 1.54) is 5.56 Å². The molecule has 0 aromatic carbocycles. The van der Waals surface area contributed by atoms with Crippen molar-refractivity contribution in [1.29, 1.82) is 0 Å². The number of fused-ring (bicyclic) bond motifs is 1. The van der Waals surface area contributed by atoms with Crippen molar-refractivity contribution in [3.63, 3.8) is 0 Å². The molecule has 0 saturated heterocycles. The molecule has 0 amide bonds. The van der Waals surface area contributed by atoms with Crippen LogP contribution in [0.1, 0.15) is 44.4 Å². The van der Waals surface area contributed by atoms with Crippen molar-refractivity contribution in [3.8, 4) is 0 Å². The number of Topliss-reactive ketones (excluding diaryl/α,β-unsaturated/α-hetero) is 1. The van der Waals surface area contributed by atoms with Gasteiger partial charge in [-0.25, -0.2) is 0 Å². The quantitative estimate of drug-likeness (QED) is 0.867. The number of nitrogens with zero attached hydrogens (tertiary/aromatic N) is 1. The van der Waals surface area contributed by atoms with Gasteiger partial charge in [-0.3, -0.25) is 9.78 Å². The summed E-state index contributed by atoms with van der Waals surface area (Å²) >= 11 is 0. The van der Waals surface area contributed by atoms with Gasteiger partial charge in [-0.1, -0.05) is 6.07 Å². The third kappa shape index (κ3) is 2.91. The SMILES string of the molecule is CC(C)(C)NCC(=O)C1CCc2cccnc21. The van der Waals surface area contributed by atoms with E-state index in [0.29, 0.717) is 6.54 Å². The molecule has 0 saturated carbocycles. The molecule has 1 N–H and O–H groups in total. The molecule has 1 aliphatic rings. The molecule has 3 nitrogen and oxygen atoms in total. The predicted molar refractivity (Wildman–Crippen MR) is 68.1 cm³/mol. The molecule has 17 heavy (non-hydrogen) atoms. The highest BCUT2D eigenvalue weighted by Crippen LogP contribution is 2.31. The van der Waals surface area contributed by atoms with Gasteiger partial charge in [-0.15, -0.1) is 0 Å². The standard InChI is InChI=1S/C14H20N2O/c1-14(2,3)16-9-12(17)11-7-6-10-5-4-8-15-13(10)11/h4-5,8,11,16H,6-7,9H2,1-3H3. The molecule has 3 heteroatoms. The van der Waals surface area contributed by atoms with Gasteiger partial charge in [-0.05, 0) is 45.2 Å². The van der Waals surface area contributed by atoms with Gasteiger partial charge >= 0.3 is 0 Å². The summed E-state index contributed by atoms with van der Waals surface area (Å²) in [6.45, 7) is 6.65. The Bertz CT molecular complexity index is 420. The monoisotopic (exact) mass is 232 g/mol. The fourth-order valence-corrected chi connectivity index (χ4v) is 2.20. The summed E-state index contributed by atoms with van der Waals surface area (Å²) in [5.41, 5.74) is 2.22. The summed E-state index contributed by atoms with van der Waals surface area (Å²) < 4.78 is 0. The van der Waals surface area contributed by atoms with Crippen LogP contribution in [0.3, 0.4) is 0 Å². The lowest BCUT2D eigenvalue weighted by Gasteiger charge is -2.21. The van der Waals surface area contributed by atoms with Gasteiger partial charge in [0.05, 0.1) is 18.2 Å². The summed E-state index contributed by atoms with van der Waals surface area (Å²) in [6.07, 6.45) is 3.67. The van der Waals surface area contributed by atoms with Gasteiger partial charge in [-0.2, -0.15) is 0 Å². The van der Waals surface area contributed by atoms with E-state index in [1.807, 2.05) is 6.07 Å². The number of carbonyl (C=O) groups excluding carboxylic acids is 1. The van der Waals surface area contributed by atoms with E-state index in [0.717, 1.165) is 18.5 Å². The Morgan fingerprint density at radius 3 is 3.00 bits per heavy atom. The van der Waals surface area contributed by atoms with Gasteiger partial charge in [0.25, 0.3) is 0 Å². The molecule has 1 atom stereocenters. The van der Waals surface area contributed by atoms with Crippen molar-refractivity contribution in [2.45, 2.75) is 45.1 Å². The van der Waals surface area contributed by atoms with Crippen LogP contribution in [0.15, 0.2) is 18.3 Å². The van der Waals surface area contributed by atoms with Crippen LogP contribution < -0.4 is 5.32 Å². The Balaban J connectivity index is 2.03. The Morgan fingerprint density at radius 1 is 1.53 bits per heavy atom. The second-order valence-corrected chi connectivity index (χ2v) is 5.71. The summed E-state index contributed by atoms with van der Waals surface area (Å²) in [4.78, 5) is 16.5. The third-order valence-electron chi connectivity index (χ3n) is 3.14. The molecule has 0 bridgehead atoms. The van der Waals surface area contributed by atoms with Crippen LogP contribution in [0.2, 0.25) is 0 Å². The zero-order chi connectivity index (χ0) is 12.5. The zero-order valence-electron chi connectivity index (χ0n) is 10.8. The molecule has 1 heterocycles. The number of aryl methyl sites for hydroxylation is 1. The molecule has 0 spiro atoms. The van der Waals surface area contributed by atoms with Crippen molar-refractivity contribution in [1.82, 2.24) is 10.3 Å². The maximum absolute atomic E-state index is 12.2. The second kappa shape index (κ2) is 4.57. The van der Waals surface area contributed by atoms with E-state index in [2.05, 4.69) is 37.1 Å². The first-order valence-corrected chi connectivity index (χ1v) is 6.19. The Hall–Kier alpha value is -1.22. The van der Waals surface area contributed by atoms with Gasteiger partial charge in [0.2, 0.25) is 0 Å². The van der Waals surface area contributed by atoms with E-state index in [4.69, 9.17) is 0 Å². The lowest BCUT2D eigenvalue weighted by Crippen LogP contribution is -2.40. The molecule has 1 aromatic rings. The molecule has 0 aliphatic heterocycles. The van der Waals surface area contributed by atoms with Crippen LogP contribution >= 0.6 is 0 Å². The number of rotatable bonds is 3. The van der Waals surface area contributed by atoms with Crippen molar-refractivity contribution < 1.29 is 4.79 Å². The Morgan fingerprint density at radius 2 is 2.29 bits per heavy atom. The number of hydrogen-bond donors (Lipinski definition) is 1. The number of nitrogens with one attached hydrogen (secondary N) is 1. The van der Waals surface area contributed by atoms with Crippen molar-refractivity contribution in [2.24, 2.45) is 0 Å². The first kappa shape index (κ1) is 12.2. The van der Waals surface area contributed by atoms with E-state index < -0.39 is 0 Å². The van der Waals surface area contributed by atoms with Crippen LogP contribution in [-0.2, 0) is 11.2 Å². The van der Waals surface area contributed by atoms with Crippen LogP contribution in [0.4, 0.5) is 0 Å². The number of hydrogen-bond acceptors (Lipinski definition) is 3. The van der Waals surface area contributed by atoms with E-state index >= 15 is 0 Å². The van der Waals surface area contributed by atoms with Crippen LogP contribution in [-0.4, -0.2) is 22.9 Å². The lowest BCUT2D eigenvalue weighted by atomic mass is 10.00. The molecule has 92 valence electrons. The van der Waals surface area contributed by atoms with Gasteiger partial charge in [0, 0.05) is 11.7 Å². The minimum atomic E-state index is -0.0127. The van der Waals surface area contributed by atoms with Gasteiger partial charge in [0.15, 0.2) is 5.78 Å². The molecule has 1 unspecified atom stereocenters. The number of aromatic nitrogens is 1. The molecule has 1 aromatic heterocycles. The topological polar surface area (TPSA) is 42.0 Å². The number of pyridine rings is 1. The predicted octanol–water partition coefficient (Wildman–Crippen LogP) is 2.07. The highest BCUT2D eigenvalue weighted by Gasteiger charge is 2.29. The minimum Gasteiger partial charge on any atom is -0.305 e. The summed E-state index contributed by atoms with van der Waals surface area (Å²) in [5, 5.41) is 3.25. The summed E-state index contributed by atoms with van der Waals surface area (Å²) in [6, 6.07) is 4.02. The first-order valence-electron chi connectivity index (χ1n) is 6.19. The van der Waals surface area contributed by atoms with E-state index in [-0.39, 0.29) is 17.2 Å². The molecule has 0 fully saturated rings. The first-order chi connectivity index (χ1) is 7.97. The number of ketones is 1. The van der Waals surface area contributed by atoms with Crippen LogP contribution in [0, 0.1) is 0 Å².